The van der Waals surface area contributed by atoms with Crippen molar-refractivity contribution in [1.82, 2.24) is 0 Å². The SMILES string of the molecule is CC(C)(C)c1ccc(N2c3ccc(C(C)(C)C)cc3B3c4cc(C(C)(C)C)ccc4-c4cc(-c5ccc6sc7ccccc7c6c5)cc2c43)cc1. The van der Waals surface area contributed by atoms with Gasteiger partial charge in [0.1, 0.15) is 0 Å². The van der Waals surface area contributed by atoms with Crippen molar-refractivity contribution in [3.05, 3.63) is 132 Å². The number of thiophene rings is 1. The molecule has 1 aromatic heterocycles. The van der Waals surface area contributed by atoms with Gasteiger partial charge in [-0.15, -0.1) is 11.3 Å². The molecule has 7 aromatic rings. The second kappa shape index (κ2) is 11.0. The van der Waals surface area contributed by atoms with Crippen molar-refractivity contribution < 1.29 is 0 Å². The minimum absolute atomic E-state index is 0.0420. The fourth-order valence-electron chi connectivity index (χ4n) is 8.39. The van der Waals surface area contributed by atoms with Gasteiger partial charge in [0.25, 0.3) is 0 Å². The zero-order valence-electron chi connectivity index (χ0n) is 31.4. The third-order valence-electron chi connectivity index (χ3n) is 11.4. The highest BCUT2D eigenvalue weighted by Gasteiger charge is 2.43. The Hall–Kier alpha value is -4.60. The van der Waals surface area contributed by atoms with Gasteiger partial charge in [0.15, 0.2) is 0 Å². The van der Waals surface area contributed by atoms with E-state index < -0.39 is 0 Å². The van der Waals surface area contributed by atoms with E-state index in [4.69, 9.17) is 0 Å². The van der Waals surface area contributed by atoms with E-state index in [1.54, 1.807) is 0 Å². The molecule has 252 valence electrons. The van der Waals surface area contributed by atoms with Gasteiger partial charge in [-0.3, -0.25) is 0 Å². The molecule has 0 atom stereocenters. The first kappa shape index (κ1) is 32.3. The molecule has 0 bridgehead atoms. The Morgan fingerprint density at radius 1 is 0.471 bits per heavy atom. The van der Waals surface area contributed by atoms with Crippen molar-refractivity contribution in [3.63, 3.8) is 0 Å². The molecule has 0 aliphatic carbocycles. The molecule has 1 nitrogen and oxygen atoms in total. The first-order chi connectivity index (χ1) is 24.2. The van der Waals surface area contributed by atoms with Gasteiger partial charge in [-0.25, -0.2) is 0 Å². The smallest absolute Gasteiger partial charge is 0.248 e. The molecular formula is C48H46BNS. The minimum Gasteiger partial charge on any atom is -0.311 e. The molecule has 0 fully saturated rings. The van der Waals surface area contributed by atoms with E-state index in [0.29, 0.717) is 0 Å². The van der Waals surface area contributed by atoms with Crippen LogP contribution in [0.15, 0.2) is 115 Å². The molecule has 9 rings (SSSR count). The standard InChI is InChI=1S/C48H46BNS/c1-46(2,3)31-15-19-34(20-16-31)50-41-22-18-33(48(7,8)9)28-40(41)49-39-27-32(47(4,5)6)17-21-35(39)38-25-30(26-42(50)45(38)49)29-14-23-44-37(24-29)36-12-10-11-13-43(36)51-44/h10-28H,1-9H3. The largest absolute Gasteiger partial charge is 0.311 e. The van der Waals surface area contributed by atoms with Crippen LogP contribution in [0.5, 0.6) is 0 Å². The summed E-state index contributed by atoms with van der Waals surface area (Å²) in [7, 11) is 0. The van der Waals surface area contributed by atoms with E-state index in [0.717, 1.165) is 0 Å². The summed E-state index contributed by atoms with van der Waals surface area (Å²) in [5.74, 6) is 0. The Labute approximate surface area is 308 Å². The number of fused-ring (bicyclic) bond motifs is 8. The van der Waals surface area contributed by atoms with Crippen LogP contribution in [0.3, 0.4) is 0 Å². The average molecular weight is 680 g/mol. The molecular weight excluding hydrogens is 633 g/mol. The van der Waals surface area contributed by atoms with E-state index in [2.05, 4.69) is 182 Å². The lowest BCUT2D eigenvalue weighted by molar-refractivity contribution is 0.590. The molecule has 0 unspecified atom stereocenters. The predicted octanol–water partition coefficient (Wildman–Crippen LogP) is 11.9. The van der Waals surface area contributed by atoms with E-state index in [1.807, 2.05) is 11.3 Å². The Morgan fingerprint density at radius 2 is 1.10 bits per heavy atom. The lowest BCUT2D eigenvalue weighted by Crippen LogP contribution is -2.55. The van der Waals surface area contributed by atoms with E-state index in [9.17, 15) is 0 Å². The molecule has 0 amide bonds. The van der Waals surface area contributed by atoms with Gasteiger partial charge >= 0.3 is 0 Å². The molecule has 51 heavy (non-hydrogen) atoms. The first-order valence-electron chi connectivity index (χ1n) is 18.5. The molecule has 3 heterocycles. The summed E-state index contributed by atoms with van der Waals surface area (Å²) in [6.07, 6.45) is 0. The van der Waals surface area contributed by atoms with Gasteiger partial charge < -0.3 is 4.90 Å². The van der Waals surface area contributed by atoms with Crippen molar-refractivity contribution >= 4 is 71.7 Å². The third kappa shape index (κ3) is 5.11. The highest BCUT2D eigenvalue weighted by molar-refractivity contribution is 7.25. The highest BCUT2D eigenvalue weighted by Crippen LogP contribution is 2.45. The van der Waals surface area contributed by atoms with Crippen LogP contribution in [-0.2, 0) is 16.2 Å². The second-order valence-electron chi connectivity index (χ2n) is 17.9. The maximum atomic E-state index is 2.56. The van der Waals surface area contributed by atoms with Gasteiger partial charge in [0.2, 0.25) is 6.71 Å². The van der Waals surface area contributed by atoms with E-state index >= 15 is 0 Å². The zero-order chi connectivity index (χ0) is 35.6. The molecule has 6 aromatic carbocycles. The van der Waals surface area contributed by atoms with Crippen LogP contribution in [0.2, 0.25) is 0 Å². The Balaban J connectivity index is 1.34. The van der Waals surface area contributed by atoms with Crippen LogP contribution in [0, 0.1) is 0 Å². The summed E-state index contributed by atoms with van der Waals surface area (Å²) in [6.45, 7) is 21.1. The van der Waals surface area contributed by atoms with E-state index in [1.165, 1.54) is 92.6 Å². The highest BCUT2D eigenvalue weighted by atomic mass is 32.1. The van der Waals surface area contributed by atoms with Gasteiger partial charge in [-0.05, 0) is 115 Å². The number of rotatable bonds is 2. The lowest BCUT2D eigenvalue weighted by Gasteiger charge is -2.37. The van der Waals surface area contributed by atoms with Crippen molar-refractivity contribution in [2.45, 2.75) is 78.6 Å². The van der Waals surface area contributed by atoms with Gasteiger partial charge in [-0.1, -0.05) is 135 Å². The summed E-state index contributed by atoms with van der Waals surface area (Å²) in [6, 6.07) is 44.8. The first-order valence-corrected chi connectivity index (χ1v) is 19.3. The van der Waals surface area contributed by atoms with Crippen molar-refractivity contribution in [3.8, 4) is 22.3 Å². The summed E-state index contributed by atoms with van der Waals surface area (Å²) in [5, 5.41) is 2.68. The van der Waals surface area contributed by atoms with Crippen molar-refractivity contribution in [2.24, 2.45) is 0 Å². The fourth-order valence-corrected chi connectivity index (χ4v) is 9.47. The Kier molecular flexibility index (Phi) is 6.94. The van der Waals surface area contributed by atoms with Crippen LogP contribution in [0.1, 0.15) is 79.0 Å². The molecule has 0 N–H and O–H groups in total. The number of nitrogens with zero attached hydrogens (tertiary/aromatic N) is 1. The molecule has 0 saturated heterocycles. The molecule has 2 aliphatic heterocycles. The second-order valence-corrected chi connectivity index (χ2v) is 19.0. The Bertz CT molecular complexity index is 2530. The number of benzene rings is 6. The normalized spacial score (nSPS) is 13.9. The fraction of sp³-hybridized carbons (Fsp3) is 0.250. The van der Waals surface area contributed by atoms with Crippen molar-refractivity contribution in [1.29, 1.82) is 0 Å². The minimum atomic E-state index is 0.0420. The quantitative estimate of drug-likeness (QED) is 0.164. The number of hydrogen-bond donors (Lipinski definition) is 0. The van der Waals surface area contributed by atoms with Crippen LogP contribution in [0.4, 0.5) is 17.1 Å². The predicted molar refractivity (Wildman–Crippen MR) is 226 cm³/mol. The van der Waals surface area contributed by atoms with Crippen LogP contribution >= 0.6 is 11.3 Å². The third-order valence-corrected chi connectivity index (χ3v) is 12.5. The Morgan fingerprint density at radius 3 is 1.80 bits per heavy atom. The van der Waals surface area contributed by atoms with Crippen LogP contribution in [0.25, 0.3) is 42.4 Å². The van der Waals surface area contributed by atoms with Crippen LogP contribution < -0.4 is 21.3 Å². The molecule has 0 radical (unpaired) electrons. The van der Waals surface area contributed by atoms with Gasteiger partial charge in [0.05, 0.1) is 0 Å². The number of hydrogen-bond acceptors (Lipinski definition) is 2. The summed E-state index contributed by atoms with van der Waals surface area (Å²) < 4.78 is 2.68. The maximum absolute atomic E-state index is 2.56. The van der Waals surface area contributed by atoms with E-state index in [-0.39, 0.29) is 23.0 Å². The number of anilines is 3. The zero-order valence-corrected chi connectivity index (χ0v) is 32.2. The van der Waals surface area contributed by atoms with Gasteiger partial charge in [0, 0.05) is 37.2 Å². The molecule has 3 heteroatoms. The maximum Gasteiger partial charge on any atom is 0.248 e. The van der Waals surface area contributed by atoms with Crippen LogP contribution in [-0.4, -0.2) is 6.71 Å². The summed E-state index contributed by atoms with van der Waals surface area (Å²) in [5.41, 5.74) is 17.6. The topological polar surface area (TPSA) is 3.24 Å². The monoisotopic (exact) mass is 679 g/mol. The summed E-state index contributed by atoms with van der Waals surface area (Å²) >= 11 is 1.88. The van der Waals surface area contributed by atoms with Crippen molar-refractivity contribution in [2.75, 3.05) is 4.90 Å². The average Bonchev–Trinajstić information content (AvgIpc) is 3.63. The molecule has 2 aliphatic rings. The van der Waals surface area contributed by atoms with Gasteiger partial charge in [-0.2, -0.15) is 0 Å². The summed E-state index contributed by atoms with van der Waals surface area (Å²) in [4.78, 5) is 2.56. The molecule has 0 saturated carbocycles. The molecule has 0 spiro atoms. The lowest BCUT2D eigenvalue weighted by atomic mass is 9.36.